The van der Waals surface area contributed by atoms with Crippen molar-refractivity contribution >= 4 is 16.8 Å². The summed E-state index contributed by atoms with van der Waals surface area (Å²) in [5.41, 5.74) is 1.90. The molecule has 3 aromatic rings. The molecule has 2 heterocycles. The largest absolute Gasteiger partial charge is 0.484 e. The molecule has 150 valence electrons. The number of carbonyl (C=O) groups excluding carboxylic acids is 1. The van der Waals surface area contributed by atoms with E-state index in [0.717, 1.165) is 31.5 Å². The Bertz CT molecular complexity index is 1080. The van der Waals surface area contributed by atoms with E-state index in [1.165, 1.54) is 5.56 Å². The average molecular weight is 391 g/mol. The molecule has 0 saturated heterocycles. The molecule has 1 atom stereocenters. The Morgan fingerprint density at radius 2 is 2.07 bits per heavy atom. The Morgan fingerprint density at radius 1 is 1.24 bits per heavy atom. The van der Waals surface area contributed by atoms with Crippen LogP contribution in [-0.4, -0.2) is 28.1 Å². The molecule has 1 aromatic heterocycles. The van der Waals surface area contributed by atoms with Crippen molar-refractivity contribution in [1.29, 1.82) is 0 Å². The van der Waals surface area contributed by atoms with E-state index in [4.69, 9.17) is 4.74 Å². The maximum atomic E-state index is 12.6. The van der Waals surface area contributed by atoms with Gasteiger partial charge in [-0.3, -0.25) is 14.2 Å². The molecule has 0 aliphatic carbocycles. The predicted molar refractivity (Wildman–Crippen MR) is 112 cm³/mol. The minimum Gasteiger partial charge on any atom is -0.484 e. The van der Waals surface area contributed by atoms with E-state index in [0.29, 0.717) is 23.2 Å². The van der Waals surface area contributed by atoms with Gasteiger partial charge in [0.05, 0.1) is 10.9 Å². The first-order valence-corrected chi connectivity index (χ1v) is 10.1. The number of nitrogens with zero attached hydrogens (tertiary/aromatic N) is 2. The average Bonchev–Trinajstić information content (AvgIpc) is 3.21. The van der Waals surface area contributed by atoms with E-state index in [-0.39, 0.29) is 24.1 Å². The second-order valence-electron chi connectivity index (χ2n) is 7.55. The zero-order valence-electron chi connectivity index (χ0n) is 16.6. The molecule has 29 heavy (non-hydrogen) atoms. The fraction of sp³-hybridized carbons (Fsp3) is 0.348. The summed E-state index contributed by atoms with van der Waals surface area (Å²) in [6.07, 6.45) is 3.56. The molecule has 2 aromatic carbocycles. The first kappa shape index (κ1) is 19.2. The minimum absolute atomic E-state index is 0.0352. The highest BCUT2D eigenvalue weighted by molar-refractivity contribution is 5.80. The number of aromatic nitrogens is 2. The third-order valence-corrected chi connectivity index (χ3v) is 5.27. The zero-order valence-corrected chi connectivity index (χ0v) is 16.6. The molecule has 1 N–H and O–H groups in total. The highest BCUT2D eigenvalue weighted by atomic mass is 16.5. The summed E-state index contributed by atoms with van der Waals surface area (Å²) in [6.45, 7) is 2.62. The molecule has 6 heteroatoms. The maximum Gasteiger partial charge on any atom is 0.261 e. The van der Waals surface area contributed by atoms with E-state index in [1.807, 2.05) is 25.1 Å². The van der Waals surface area contributed by atoms with Crippen LogP contribution in [0, 0.1) is 0 Å². The molecule has 1 aliphatic rings. The lowest BCUT2D eigenvalue weighted by Gasteiger charge is -2.14. The summed E-state index contributed by atoms with van der Waals surface area (Å²) in [5.74, 6) is 1.18. The second kappa shape index (κ2) is 8.47. The van der Waals surface area contributed by atoms with Gasteiger partial charge in [0.2, 0.25) is 0 Å². The first-order chi connectivity index (χ1) is 14.1. The number of ether oxygens (including phenoxy) is 1. The van der Waals surface area contributed by atoms with Gasteiger partial charge in [-0.25, -0.2) is 4.98 Å². The van der Waals surface area contributed by atoms with Crippen molar-refractivity contribution in [3.8, 4) is 5.75 Å². The minimum atomic E-state index is -0.172. The first-order valence-electron chi connectivity index (χ1n) is 10.1. The second-order valence-corrected chi connectivity index (χ2v) is 7.55. The highest BCUT2D eigenvalue weighted by Gasteiger charge is 2.16. The molecule has 0 radical (unpaired) electrons. The van der Waals surface area contributed by atoms with Crippen LogP contribution < -0.4 is 15.6 Å². The number of aryl methyl sites for hydroxylation is 2. The predicted octanol–water partition coefficient (Wildman–Crippen LogP) is 2.86. The molecule has 0 fully saturated rings. The van der Waals surface area contributed by atoms with Gasteiger partial charge in [-0.2, -0.15) is 0 Å². The zero-order chi connectivity index (χ0) is 20.2. The number of amides is 1. The lowest BCUT2D eigenvalue weighted by atomic mass is 10.1. The Kier molecular flexibility index (Phi) is 5.60. The van der Waals surface area contributed by atoms with Gasteiger partial charge in [0, 0.05) is 19.0 Å². The molecule has 1 aliphatic heterocycles. The topological polar surface area (TPSA) is 73.2 Å². The van der Waals surface area contributed by atoms with Crippen molar-refractivity contribution in [2.45, 2.75) is 45.2 Å². The van der Waals surface area contributed by atoms with Crippen molar-refractivity contribution in [2.24, 2.45) is 0 Å². The molecule has 0 unspecified atom stereocenters. The Morgan fingerprint density at radius 3 is 2.90 bits per heavy atom. The van der Waals surface area contributed by atoms with Crippen LogP contribution in [0.4, 0.5) is 0 Å². The van der Waals surface area contributed by atoms with Gasteiger partial charge < -0.3 is 10.1 Å². The number of hydrogen-bond acceptors (Lipinski definition) is 4. The molecule has 4 rings (SSSR count). The van der Waals surface area contributed by atoms with Crippen LogP contribution in [0.15, 0.2) is 53.3 Å². The quantitative estimate of drug-likeness (QED) is 0.672. The van der Waals surface area contributed by atoms with Crippen LogP contribution in [0.5, 0.6) is 5.75 Å². The SMILES string of the molecule is C[C@@H](CCc1ccccc1)NC(=O)COc1ccc2nc3n(c(=O)c2c1)CCC3. The lowest BCUT2D eigenvalue weighted by molar-refractivity contribution is -0.123. The van der Waals surface area contributed by atoms with Gasteiger partial charge in [-0.1, -0.05) is 30.3 Å². The molecule has 6 nitrogen and oxygen atoms in total. The third-order valence-electron chi connectivity index (χ3n) is 5.27. The van der Waals surface area contributed by atoms with Gasteiger partial charge in [-0.15, -0.1) is 0 Å². The van der Waals surface area contributed by atoms with E-state index >= 15 is 0 Å². The van der Waals surface area contributed by atoms with Gasteiger partial charge in [0.1, 0.15) is 11.6 Å². The number of fused-ring (bicyclic) bond motifs is 2. The van der Waals surface area contributed by atoms with Crippen LogP contribution in [-0.2, 0) is 24.2 Å². The number of hydrogen-bond donors (Lipinski definition) is 1. The van der Waals surface area contributed by atoms with Crippen LogP contribution >= 0.6 is 0 Å². The molecule has 0 saturated carbocycles. The lowest BCUT2D eigenvalue weighted by Crippen LogP contribution is -2.36. The normalized spacial score (nSPS) is 13.8. The Hall–Kier alpha value is -3.15. The number of rotatable bonds is 7. The summed E-state index contributed by atoms with van der Waals surface area (Å²) < 4.78 is 7.36. The van der Waals surface area contributed by atoms with Crippen LogP contribution in [0.2, 0.25) is 0 Å². The summed E-state index contributed by atoms with van der Waals surface area (Å²) in [5, 5.41) is 3.49. The Balaban J connectivity index is 1.33. The molecular formula is C23H25N3O3. The molecule has 0 spiro atoms. The van der Waals surface area contributed by atoms with E-state index in [9.17, 15) is 9.59 Å². The van der Waals surface area contributed by atoms with Crippen LogP contribution in [0.25, 0.3) is 10.9 Å². The summed E-state index contributed by atoms with van der Waals surface area (Å²) in [4.78, 5) is 29.4. The van der Waals surface area contributed by atoms with E-state index in [1.54, 1.807) is 22.8 Å². The fourth-order valence-electron chi connectivity index (χ4n) is 3.72. The van der Waals surface area contributed by atoms with E-state index in [2.05, 4.69) is 22.4 Å². The Labute approximate surface area is 169 Å². The van der Waals surface area contributed by atoms with Crippen molar-refractivity contribution in [1.82, 2.24) is 14.9 Å². The summed E-state index contributed by atoms with van der Waals surface area (Å²) in [7, 11) is 0. The van der Waals surface area contributed by atoms with Crippen LogP contribution in [0.3, 0.4) is 0 Å². The molecule has 0 bridgehead atoms. The monoisotopic (exact) mass is 391 g/mol. The van der Waals surface area contributed by atoms with Gasteiger partial charge in [0.25, 0.3) is 11.5 Å². The van der Waals surface area contributed by atoms with Gasteiger partial charge >= 0.3 is 0 Å². The summed E-state index contributed by atoms with van der Waals surface area (Å²) >= 11 is 0. The van der Waals surface area contributed by atoms with Crippen molar-refractivity contribution in [3.05, 3.63) is 70.3 Å². The number of nitrogens with one attached hydrogen (secondary N) is 1. The smallest absolute Gasteiger partial charge is 0.261 e. The maximum absolute atomic E-state index is 12.6. The number of carbonyl (C=O) groups is 1. The standard InChI is InChI=1S/C23H25N3O3/c1-16(9-10-17-6-3-2-4-7-17)24-22(27)15-29-18-11-12-20-19(14-18)23(28)26-13-5-8-21(26)25-20/h2-4,6-7,11-12,14,16H,5,8-10,13,15H2,1H3,(H,24,27)/t16-/m0/s1. The fourth-order valence-corrected chi connectivity index (χ4v) is 3.72. The summed E-state index contributed by atoms with van der Waals surface area (Å²) in [6, 6.07) is 15.5. The molecule has 1 amide bonds. The van der Waals surface area contributed by atoms with Gasteiger partial charge in [0.15, 0.2) is 6.61 Å². The van der Waals surface area contributed by atoms with E-state index < -0.39 is 0 Å². The van der Waals surface area contributed by atoms with Crippen molar-refractivity contribution < 1.29 is 9.53 Å². The third kappa shape index (κ3) is 4.47. The van der Waals surface area contributed by atoms with Crippen LogP contribution in [0.1, 0.15) is 31.2 Å². The highest BCUT2D eigenvalue weighted by Crippen LogP contribution is 2.19. The van der Waals surface area contributed by atoms with Gasteiger partial charge in [-0.05, 0) is 49.9 Å². The number of benzene rings is 2. The molecular weight excluding hydrogens is 366 g/mol. The van der Waals surface area contributed by atoms with Crippen molar-refractivity contribution in [3.63, 3.8) is 0 Å². The van der Waals surface area contributed by atoms with Crippen molar-refractivity contribution in [2.75, 3.05) is 6.61 Å².